The van der Waals surface area contributed by atoms with Crippen LogP contribution in [0.1, 0.15) is 36.9 Å². The lowest BCUT2D eigenvalue weighted by Crippen LogP contribution is -2.36. The number of hydrogen-bond donors (Lipinski definition) is 1. The third-order valence-electron chi connectivity index (χ3n) is 5.46. The molecule has 1 aliphatic heterocycles. The van der Waals surface area contributed by atoms with Gasteiger partial charge in [-0.15, -0.1) is 11.3 Å². The van der Waals surface area contributed by atoms with Gasteiger partial charge in [0.2, 0.25) is 11.8 Å². The van der Waals surface area contributed by atoms with Crippen molar-refractivity contribution in [2.45, 2.75) is 39.2 Å². The first kappa shape index (κ1) is 19.6. The normalized spacial score (nSPS) is 21.2. The first-order valence-corrected chi connectivity index (χ1v) is 10.7. The van der Waals surface area contributed by atoms with Gasteiger partial charge in [0.15, 0.2) is 5.13 Å². The molecule has 29 heavy (non-hydrogen) atoms. The maximum absolute atomic E-state index is 12.4. The van der Waals surface area contributed by atoms with Gasteiger partial charge in [-0.25, -0.2) is 4.98 Å². The van der Waals surface area contributed by atoms with E-state index in [1.165, 1.54) is 16.9 Å². The van der Waals surface area contributed by atoms with Gasteiger partial charge >= 0.3 is 5.97 Å². The van der Waals surface area contributed by atoms with Crippen molar-refractivity contribution in [1.29, 1.82) is 0 Å². The Kier molecular flexibility index (Phi) is 5.62. The number of imide groups is 1. The monoisotopic (exact) mass is 413 g/mol. The molecule has 0 spiro atoms. The minimum absolute atomic E-state index is 0.00793. The minimum atomic E-state index is -0.591. The van der Waals surface area contributed by atoms with Crippen molar-refractivity contribution in [2.75, 3.05) is 11.9 Å². The molecule has 152 valence electrons. The van der Waals surface area contributed by atoms with Crippen LogP contribution in [0.4, 0.5) is 10.8 Å². The van der Waals surface area contributed by atoms with Gasteiger partial charge in [0, 0.05) is 11.1 Å². The number of anilines is 2. The SMILES string of the molecule is Cc1ccc(Nc2nc(COC(=O)CN3C(=O)[C@H]4CCCC[C@H]4C3=O)cs2)cc1. The smallest absolute Gasteiger partial charge is 0.326 e. The Morgan fingerprint density at radius 2 is 1.83 bits per heavy atom. The fraction of sp³-hybridized carbons (Fsp3) is 0.429. The van der Waals surface area contributed by atoms with E-state index >= 15 is 0 Å². The second-order valence-electron chi connectivity index (χ2n) is 7.56. The van der Waals surface area contributed by atoms with Crippen LogP contribution in [-0.4, -0.2) is 34.2 Å². The maximum Gasteiger partial charge on any atom is 0.326 e. The quantitative estimate of drug-likeness (QED) is 0.577. The number of esters is 1. The van der Waals surface area contributed by atoms with E-state index in [0.717, 1.165) is 36.3 Å². The number of nitrogens with zero attached hydrogens (tertiary/aromatic N) is 2. The molecule has 2 fully saturated rings. The van der Waals surface area contributed by atoms with Gasteiger partial charge in [0.25, 0.3) is 0 Å². The lowest BCUT2D eigenvalue weighted by atomic mass is 9.81. The molecule has 2 amide bonds. The van der Waals surface area contributed by atoms with Gasteiger partial charge in [-0.2, -0.15) is 0 Å². The second-order valence-corrected chi connectivity index (χ2v) is 8.41. The number of thiazole rings is 1. The number of aryl methyl sites for hydroxylation is 1. The van der Waals surface area contributed by atoms with Crippen LogP contribution >= 0.6 is 11.3 Å². The third kappa shape index (κ3) is 4.32. The highest BCUT2D eigenvalue weighted by atomic mass is 32.1. The number of fused-ring (bicyclic) bond motifs is 1. The van der Waals surface area contributed by atoms with Crippen LogP contribution < -0.4 is 5.32 Å². The standard InChI is InChI=1S/C21H23N3O4S/c1-13-6-8-14(9-7-13)22-21-23-15(12-29-21)11-28-18(25)10-24-19(26)16-4-2-3-5-17(16)20(24)27/h6-9,12,16-17H,2-5,10-11H2,1H3,(H,22,23)/t16-,17+. The molecule has 4 rings (SSSR count). The molecule has 1 saturated carbocycles. The number of aromatic nitrogens is 1. The molecule has 1 N–H and O–H groups in total. The molecule has 1 aliphatic carbocycles. The lowest BCUT2D eigenvalue weighted by molar-refractivity contribution is -0.153. The van der Waals surface area contributed by atoms with Crippen LogP contribution in [0.25, 0.3) is 0 Å². The molecular formula is C21H23N3O4S. The third-order valence-corrected chi connectivity index (χ3v) is 6.26. The molecule has 0 unspecified atom stereocenters. The average Bonchev–Trinajstić information content (AvgIpc) is 3.27. The number of likely N-dealkylation sites (tertiary alicyclic amines) is 1. The van der Waals surface area contributed by atoms with E-state index in [2.05, 4.69) is 10.3 Å². The predicted molar refractivity (Wildman–Crippen MR) is 109 cm³/mol. The van der Waals surface area contributed by atoms with E-state index in [4.69, 9.17) is 4.74 Å². The Labute approximate surface area is 173 Å². The number of ether oxygens (including phenoxy) is 1. The number of amides is 2. The average molecular weight is 413 g/mol. The Morgan fingerprint density at radius 1 is 1.17 bits per heavy atom. The summed E-state index contributed by atoms with van der Waals surface area (Å²) in [7, 11) is 0. The molecule has 1 aromatic heterocycles. The van der Waals surface area contributed by atoms with E-state index in [0.29, 0.717) is 10.8 Å². The number of hydrogen-bond acceptors (Lipinski definition) is 7. The van der Waals surface area contributed by atoms with Crippen molar-refractivity contribution < 1.29 is 19.1 Å². The molecule has 7 nitrogen and oxygen atoms in total. The van der Waals surface area contributed by atoms with Crippen molar-refractivity contribution in [2.24, 2.45) is 11.8 Å². The molecule has 8 heteroatoms. The summed E-state index contributed by atoms with van der Waals surface area (Å²) in [5.74, 6) is -1.55. The highest BCUT2D eigenvalue weighted by molar-refractivity contribution is 7.13. The van der Waals surface area contributed by atoms with Gasteiger partial charge in [0.1, 0.15) is 13.2 Å². The Morgan fingerprint density at radius 3 is 2.48 bits per heavy atom. The van der Waals surface area contributed by atoms with Gasteiger partial charge in [-0.3, -0.25) is 19.3 Å². The summed E-state index contributed by atoms with van der Waals surface area (Å²) in [5, 5.41) is 5.72. The molecule has 1 saturated heterocycles. The highest BCUT2D eigenvalue weighted by Gasteiger charge is 2.48. The van der Waals surface area contributed by atoms with Crippen molar-refractivity contribution in [3.8, 4) is 0 Å². The van der Waals surface area contributed by atoms with Crippen molar-refractivity contribution in [3.63, 3.8) is 0 Å². The first-order chi connectivity index (χ1) is 14.0. The molecule has 0 bridgehead atoms. The highest BCUT2D eigenvalue weighted by Crippen LogP contribution is 2.37. The van der Waals surface area contributed by atoms with Gasteiger partial charge in [-0.1, -0.05) is 30.5 Å². The van der Waals surface area contributed by atoms with Crippen LogP contribution in [0.2, 0.25) is 0 Å². The van der Waals surface area contributed by atoms with E-state index in [1.807, 2.05) is 36.6 Å². The molecule has 2 aliphatic rings. The summed E-state index contributed by atoms with van der Waals surface area (Å²) in [6.07, 6.45) is 3.38. The molecule has 2 aromatic rings. The predicted octanol–water partition coefficient (Wildman–Crippen LogP) is 3.41. The second kappa shape index (κ2) is 8.32. The van der Waals surface area contributed by atoms with Crippen LogP contribution in [-0.2, 0) is 25.7 Å². The summed E-state index contributed by atoms with van der Waals surface area (Å²) in [6, 6.07) is 7.96. The Hall–Kier alpha value is -2.74. The number of benzene rings is 1. The molecule has 1 aromatic carbocycles. The van der Waals surface area contributed by atoms with Crippen molar-refractivity contribution in [1.82, 2.24) is 9.88 Å². The van der Waals surface area contributed by atoms with E-state index in [9.17, 15) is 14.4 Å². The lowest BCUT2D eigenvalue weighted by Gasteiger charge is -2.19. The largest absolute Gasteiger partial charge is 0.458 e. The van der Waals surface area contributed by atoms with Crippen LogP contribution in [0.3, 0.4) is 0 Å². The summed E-state index contributed by atoms with van der Waals surface area (Å²) in [4.78, 5) is 42.5. The summed E-state index contributed by atoms with van der Waals surface area (Å²) in [5.41, 5.74) is 2.73. The van der Waals surface area contributed by atoms with E-state index < -0.39 is 5.97 Å². The molecule has 2 heterocycles. The number of rotatable bonds is 6. The molecule has 2 atom stereocenters. The maximum atomic E-state index is 12.4. The fourth-order valence-corrected chi connectivity index (χ4v) is 4.62. The molecule has 0 radical (unpaired) electrons. The summed E-state index contributed by atoms with van der Waals surface area (Å²) >= 11 is 1.42. The number of nitrogens with one attached hydrogen (secondary N) is 1. The zero-order valence-corrected chi connectivity index (χ0v) is 17.0. The summed E-state index contributed by atoms with van der Waals surface area (Å²) < 4.78 is 5.25. The van der Waals surface area contributed by atoms with E-state index in [1.54, 1.807) is 0 Å². The van der Waals surface area contributed by atoms with E-state index in [-0.39, 0.29) is 36.8 Å². The first-order valence-electron chi connectivity index (χ1n) is 9.80. The zero-order valence-electron chi connectivity index (χ0n) is 16.2. The van der Waals surface area contributed by atoms with Gasteiger partial charge in [-0.05, 0) is 31.9 Å². The van der Waals surface area contributed by atoms with Gasteiger partial charge < -0.3 is 10.1 Å². The summed E-state index contributed by atoms with van der Waals surface area (Å²) in [6.45, 7) is 1.72. The topological polar surface area (TPSA) is 88.6 Å². The van der Waals surface area contributed by atoms with Crippen LogP contribution in [0.15, 0.2) is 29.6 Å². The van der Waals surface area contributed by atoms with Crippen molar-refractivity contribution >= 4 is 39.9 Å². The van der Waals surface area contributed by atoms with Crippen LogP contribution in [0, 0.1) is 18.8 Å². The minimum Gasteiger partial charge on any atom is -0.458 e. The number of carbonyl (C=O) groups excluding carboxylic acids is 3. The van der Waals surface area contributed by atoms with Crippen molar-refractivity contribution in [3.05, 3.63) is 40.9 Å². The Balaban J connectivity index is 1.29. The van der Waals surface area contributed by atoms with Crippen LogP contribution in [0.5, 0.6) is 0 Å². The van der Waals surface area contributed by atoms with Gasteiger partial charge in [0.05, 0.1) is 17.5 Å². The number of carbonyl (C=O) groups is 3. The molecular weight excluding hydrogens is 390 g/mol. The zero-order chi connectivity index (χ0) is 20.4. The Bertz CT molecular complexity index is 900. The fourth-order valence-electron chi connectivity index (χ4n) is 3.91.